The van der Waals surface area contributed by atoms with E-state index in [0.29, 0.717) is 0 Å². The van der Waals surface area contributed by atoms with Gasteiger partial charge in [0.2, 0.25) is 0 Å². The molecule has 0 aliphatic heterocycles. The fourth-order valence-electron chi connectivity index (χ4n) is 2.14. The van der Waals surface area contributed by atoms with Gasteiger partial charge in [-0.1, -0.05) is 30.8 Å². The van der Waals surface area contributed by atoms with Crippen LogP contribution in [0.15, 0.2) is 16.5 Å². The number of oxime groups is 1. The summed E-state index contributed by atoms with van der Waals surface area (Å²) in [6.45, 7) is 5.65. The molecule has 0 amide bonds. The zero-order chi connectivity index (χ0) is 14.0. The Morgan fingerprint density at radius 2 is 2.21 bits per heavy atom. The second-order valence-electron chi connectivity index (χ2n) is 5.36. The van der Waals surface area contributed by atoms with Gasteiger partial charge in [-0.15, -0.1) is 0 Å². The number of fused-ring (bicyclic) bond motifs is 1. The highest BCUT2D eigenvalue weighted by Gasteiger charge is 2.31. The zero-order valence-corrected chi connectivity index (χ0v) is 12.4. The van der Waals surface area contributed by atoms with Crippen molar-refractivity contribution in [3.63, 3.8) is 0 Å². The molecule has 0 bridgehead atoms. The molecule has 0 spiro atoms. The van der Waals surface area contributed by atoms with Crippen molar-refractivity contribution >= 4 is 23.4 Å². The molecule has 19 heavy (non-hydrogen) atoms. The van der Waals surface area contributed by atoms with Crippen molar-refractivity contribution in [3.05, 3.63) is 17.5 Å². The van der Waals surface area contributed by atoms with Gasteiger partial charge < -0.3 is 4.84 Å². The number of hydrogen-bond donors (Lipinski definition) is 0. The molecule has 1 heterocycles. The first-order chi connectivity index (χ1) is 8.91. The molecule has 6 heteroatoms. The van der Waals surface area contributed by atoms with Crippen LogP contribution in [0.4, 0.5) is 0 Å². The zero-order valence-electron chi connectivity index (χ0n) is 11.6. The topological polar surface area (TPSA) is 64.4 Å². The Kier molecular flexibility index (Phi) is 3.89. The molecule has 0 unspecified atom stereocenters. The lowest BCUT2D eigenvalue weighted by molar-refractivity contribution is -0.140. The molecule has 0 radical (unpaired) electrons. The van der Waals surface area contributed by atoms with Gasteiger partial charge in [0.05, 0.1) is 11.4 Å². The van der Waals surface area contributed by atoms with Crippen LogP contribution in [-0.4, -0.2) is 27.9 Å². The molecular formula is C13H17N3O2S. The smallest absolute Gasteiger partial charge is 0.318 e. The minimum Gasteiger partial charge on any atom is -0.318 e. The number of carbonyl (C=O) groups is 1. The van der Waals surface area contributed by atoms with Crippen LogP contribution >= 0.6 is 11.8 Å². The molecule has 102 valence electrons. The maximum Gasteiger partial charge on any atom is 0.331 e. The van der Waals surface area contributed by atoms with Gasteiger partial charge in [-0.2, -0.15) is 0 Å². The van der Waals surface area contributed by atoms with E-state index in [1.807, 2.05) is 6.26 Å². The van der Waals surface area contributed by atoms with Crippen molar-refractivity contribution < 1.29 is 9.63 Å². The Hall–Kier alpha value is -1.43. The average molecular weight is 279 g/mol. The van der Waals surface area contributed by atoms with Crippen LogP contribution in [0.5, 0.6) is 0 Å². The summed E-state index contributed by atoms with van der Waals surface area (Å²) in [5.74, 6) is -0.418. The second kappa shape index (κ2) is 5.28. The first-order valence-corrected chi connectivity index (χ1v) is 7.28. The van der Waals surface area contributed by atoms with Crippen LogP contribution in [0.2, 0.25) is 0 Å². The molecule has 0 atom stereocenters. The highest BCUT2D eigenvalue weighted by Crippen LogP contribution is 2.34. The number of thioether (sulfide) groups is 1. The molecule has 1 aromatic heterocycles. The monoisotopic (exact) mass is 279 g/mol. The van der Waals surface area contributed by atoms with Crippen LogP contribution in [0, 0.1) is 5.41 Å². The molecule has 0 fully saturated rings. The second-order valence-corrected chi connectivity index (χ2v) is 6.13. The minimum atomic E-state index is -0.418. The van der Waals surface area contributed by atoms with Gasteiger partial charge >= 0.3 is 5.97 Å². The molecule has 0 saturated carbocycles. The van der Waals surface area contributed by atoms with Crippen molar-refractivity contribution in [2.45, 2.75) is 38.8 Å². The van der Waals surface area contributed by atoms with Crippen molar-refractivity contribution in [1.82, 2.24) is 9.97 Å². The van der Waals surface area contributed by atoms with Crippen molar-refractivity contribution in [2.75, 3.05) is 6.26 Å². The van der Waals surface area contributed by atoms with E-state index in [0.717, 1.165) is 35.0 Å². The van der Waals surface area contributed by atoms with Crippen molar-refractivity contribution in [2.24, 2.45) is 10.6 Å². The van der Waals surface area contributed by atoms with Gasteiger partial charge in [-0.3, -0.25) is 0 Å². The number of rotatable bonds is 2. The van der Waals surface area contributed by atoms with E-state index in [9.17, 15) is 4.79 Å². The number of nitrogens with zero attached hydrogens (tertiary/aromatic N) is 3. The van der Waals surface area contributed by atoms with Crippen molar-refractivity contribution in [1.29, 1.82) is 0 Å². The van der Waals surface area contributed by atoms with Gasteiger partial charge in [0.25, 0.3) is 0 Å². The molecule has 1 aromatic rings. The van der Waals surface area contributed by atoms with Crippen LogP contribution in [0.1, 0.15) is 38.4 Å². The normalized spacial score (nSPS) is 19.1. The minimum absolute atomic E-state index is 0.0516. The first kappa shape index (κ1) is 14.0. The number of carbonyl (C=O) groups excluding carboxylic acids is 1. The van der Waals surface area contributed by atoms with E-state index in [4.69, 9.17) is 4.84 Å². The molecule has 1 aliphatic rings. The predicted octanol–water partition coefficient (Wildman–Crippen LogP) is 2.44. The molecule has 0 aromatic carbocycles. The lowest BCUT2D eigenvalue weighted by atomic mass is 9.76. The Morgan fingerprint density at radius 3 is 2.84 bits per heavy atom. The van der Waals surface area contributed by atoms with Crippen molar-refractivity contribution in [3.8, 4) is 0 Å². The van der Waals surface area contributed by atoms with E-state index >= 15 is 0 Å². The molecule has 5 nitrogen and oxygen atoms in total. The highest BCUT2D eigenvalue weighted by molar-refractivity contribution is 7.98. The summed E-state index contributed by atoms with van der Waals surface area (Å²) < 4.78 is 0. The van der Waals surface area contributed by atoms with Gasteiger partial charge in [-0.05, 0) is 24.5 Å². The number of aromatic nitrogens is 2. The van der Waals surface area contributed by atoms with E-state index in [1.54, 1.807) is 6.20 Å². The Morgan fingerprint density at radius 1 is 1.47 bits per heavy atom. The largest absolute Gasteiger partial charge is 0.331 e. The lowest BCUT2D eigenvalue weighted by Crippen LogP contribution is -2.29. The molecule has 1 aliphatic carbocycles. The highest BCUT2D eigenvalue weighted by atomic mass is 32.2. The summed E-state index contributed by atoms with van der Waals surface area (Å²) in [4.78, 5) is 24.5. The lowest BCUT2D eigenvalue weighted by Gasteiger charge is -2.30. The van der Waals surface area contributed by atoms with Gasteiger partial charge in [-0.25, -0.2) is 14.8 Å². The molecular weight excluding hydrogens is 262 g/mol. The van der Waals surface area contributed by atoms with Gasteiger partial charge in [0.1, 0.15) is 0 Å². The fourth-order valence-corrected chi connectivity index (χ4v) is 2.50. The maximum atomic E-state index is 10.9. The van der Waals surface area contributed by atoms with E-state index in [1.165, 1.54) is 18.7 Å². The van der Waals surface area contributed by atoms with E-state index in [2.05, 4.69) is 29.0 Å². The third-order valence-corrected chi connectivity index (χ3v) is 3.48. The predicted molar refractivity (Wildman–Crippen MR) is 74.2 cm³/mol. The maximum absolute atomic E-state index is 10.9. The van der Waals surface area contributed by atoms with Crippen LogP contribution < -0.4 is 0 Å². The van der Waals surface area contributed by atoms with E-state index < -0.39 is 5.97 Å². The third-order valence-electron chi connectivity index (χ3n) is 2.92. The van der Waals surface area contributed by atoms with Crippen LogP contribution in [0.25, 0.3) is 0 Å². The van der Waals surface area contributed by atoms with E-state index in [-0.39, 0.29) is 5.41 Å². The number of hydrogen-bond acceptors (Lipinski definition) is 6. The van der Waals surface area contributed by atoms with Gasteiger partial charge in [0.15, 0.2) is 5.16 Å². The third kappa shape index (κ3) is 3.32. The first-order valence-electron chi connectivity index (χ1n) is 6.06. The van der Waals surface area contributed by atoms with Gasteiger partial charge in [0, 0.05) is 18.7 Å². The molecule has 0 saturated heterocycles. The summed E-state index contributed by atoms with van der Waals surface area (Å²) in [5.41, 5.74) is 2.66. The Bertz CT molecular complexity index is 541. The molecule has 2 rings (SSSR count). The van der Waals surface area contributed by atoms with Crippen LogP contribution in [-0.2, 0) is 16.1 Å². The summed E-state index contributed by atoms with van der Waals surface area (Å²) >= 11 is 1.51. The average Bonchev–Trinajstić information content (AvgIpc) is 2.33. The summed E-state index contributed by atoms with van der Waals surface area (Å²) in [7, 11) is 0. The molecule has 0 N–H and O–H groups in total. The Labute approximate surface area is 116 Å². The standard InChI is InChI=1S/C13H17N3O2S/c1-8(17)18-16-11-6-13(2,3)5-10-9(11)7-14-12(15-10)19-4/h7H,5-6H2,1-4H3/b16-11-. The summed E-state index contributed by atoms with van der Waals surface area (Å²) in [5, 5.41) is 4.71. The SMILES string of the molecule is CSc1ncc2c(n1)CC(C)(C)C/C2=N/OC(C)=O. The Balaban J connectivity index is 2.43. The van der Waals surface area contributed by atoms with Crippen LogP contribution in [0.3, 0.4) is 0 Å². The quantitative estimate of drug-likeness (QED) is 0.360. The summed E-state index contributed by atoms with van der Waals surface area (Å²) in [6.07, 6.45) is 5.34. The fraction of sp³-hybridized carbons (Fsp3) is 0.538. The summed E-state index contributed by atoms with van der Waals surface area (Å²) in [6, 6.07) is 0.